The molecule has 11 nitrogen and oxygen atoms in total. The fourth-order valence-corrected chi connectivity index (χ4v) is 10.8. The van der Waals surface area contributed by atoms with Crippen LogP contribution in [0.3, 0.4) is 0 Å². The van der Waals surface area contributed by atoms with Crippen molar-refractivity contribution in [3.63, 3.8) is 0 Å². The number of nitrogens with one attached hydrogen (secondary N) is 2. The van der Waals surface area contributed by atoms with Crippen LogP contribution in [-0.4, -0.2) is 90.0 Å². The second-order valence-electron chi connectivity index (χ2n) is 17.7. The molecule has 0 spiro atoms. The third-order valence-corrected chi connectivity index (χ3v) is 15.6. The van der Waals surface area contributed by atoms with Crippen LogP contribution < -0.4 is 10.6 Å². The average molecular weight is 708 g/mol. The van der Waals surface area contributed by atoms with E-state index < -0.39 is 56.2 Å². The van der Waals surface area contributed by atoms with Crippen LogP contribution in [-0.2, 0) is 29.0 Å². The van der Waals surface area contributed by atoms with Gasteiger partial charge in [-0.05, 0) is 82.0 Å². The molecule has 5 aliphatic rings. The Balaban J connectivity index is 1.37. The number of fused-ring (bicyclic) bond motifs is 1. The molecule has 0 aromatic rings. The predicted molar refractivity (Wildman–Crippen MR) is 186 cm³/mol. The summed E-state index contributed by atoms with van der Waals surface area (Å²) in [5.41, 5.74) is -1.04. The first-order valence-corrected chi connectivity index (χ1v) is 20.5. The quantitative estimate of drug-likeness (QED) is 0.235. The molecular formula is C37H61N3O8S. The molecule has 5 rings (SSSR count). The zero-order chi connectivity index (χ0) is 35.9. The van der Waals surface area contributed by atoms with E-state index in [1.807, 2.05) is 0 Å². The van der Waals surface area contributed by atoms with Crippen molar-refractivity contribution in [3.05, 3.63) is 0 Å². The van der Waals surface area contributed by atoms with E-state index in [9.17, 15) is 32.7 Å². The summed E-state index contributed by atoms with van der Waals surface area (Å²) < 4.78 is 30.6. The maximum absolute atomic E-state index is 14.7. The highest BCUT2D eigenvalue weighted by Crippen LogP contribution is 2.65. The number of hydrogen-bond donors (Lipinski definition) is 3. The Labute approximate surface area is 293 Å². The summed E-state index contributed by atoms with van der Waals surface area (Å²) in [6.45, 7) is 9.70. The largest absolute Gasteiger partial charge is 0.467 e. The summed E-state index contributed by atoms with van der Waals surface area (Å²) in [6, 6.07) is -2.08. The van der Waals surface area contributed by atoms with Crippen molar-refractivity contribution in [1.82, 2.24) is 15.5 Å². The van der Waals surface area contributed by atoms with Crippen LogP contribution in [0.2, 0.25) is 0 Å². The molecule has 3 N–H and O–H groups in total. The normalized spacial score (nSPS) is 28.5. The Morgan fingerprint density at radius 3 is 2.14 bits per heavy atom. The van der Waals surface area contributed by atoms with Crippen LogP contribution in [0.25, 0.3) is 0 Å². The lowest BCUT2D eigenvalue weighted by atomic mass is 9.82. The molecule has 1 aliphatic heterocycles. The highest BCUT2D eigenvalue weighted by atomic mass is 32.2. The Kier molecular flexibility index (Phi) is 11.2. The summed E-state index contributed by atoms with van der Waals surface area (Å²) >= 11 is 0. The molecule has 4 saturated carbocycles. The molecule has 3 unspecified atom stereocenters. The van der Waals surface area contributed by atoms with Crippen molar-refractivity contribution in [1.29, 1.82) is 0 Å². The lowest BCUT2D eigenvalue weighted by molar-refractivity contribution is -0.154. The molecule has 278 valence electrons. The molecule has 1 heterocycles. The number of amides is 3. The van der Waals surface area contributed by atoms with Gasteiger partial charge in [0.15, 0.2) is 21.7 Å². The van der Waals surface area contributed by atoms with E-state index in [2.05, 4.69) is 24.5 Å². The SMILES string of the molecule is COC(=O)C(O)C(CC(=O)[C@@H]1[C@@H]2C(CN1C(=O)[C@@H](NC(=O)NC1(CS(=O)(=O)C(C)(C)C)CCCCC1)C1CCCCC1)C2(C)C)CC1CC1. The average Bonchev–Trinajstić information content (AvgIpc) is 3.89. The lowest BCUT2D eigenvalue weighted by Crippen LogP contribution is -2.62. The van der Waals surface area contributed by atoms with Crippen molar-refractivity contribution in [2.24, 2.45) is 35.0 Å². The van der Waals surface area contributed by atoms with Crippen LogP contribution in [0, 0.1) is 35.0 Å². The van der Waals surface area contributed by atoms with E-state index in [1.54, 1.807) is 25.7 Å². The van der Waals surface area contributed by atoms with Crippen molar-refractivity contribution in [2.45, 2.75) is 153 Å². The molecule has 0 radical (unpaired) electrons. The Bertz CT molecular complexity index is 1360. The van der Waals surface area contributed by atoms with Crippen LogP contribution in [0.4, 0.5) is 4.79 Å². The molecule has 0 bridgehead atoms. The monoisotopic (exact) mass is 707 g/mol. The molecule has 12 heteroatoms. The zero-order valence-electron chi connectivity index (χ0n) is 30.6. The lowest BCUT2D eigenvalue weighted by Gasteiger charge is -2.41. The minimum Gasteiger partial charge on any atom is -0.467 e. The van der Waals surface area contributed by atoms with Gasteiger partial charge in [-0.25, -0.2) is 18.0 Å². The number of aliphatic hydroxyl groups excluding tert-OH is 1. The van der Waals surface area contributed by atoms with Crippen molar-refractivity contribution in [2.75, 3.05) is 19.4 Å². The molecule has 5 fully saturated rings. The second-order valence-corrected chi connectivity index (χ2v) is 20.4. The molecule has 4 aliphatic carbocycles. The van der Waals surface area contributed by atoms with Crippen LogP contribution in [0.15, 0.2) is 0 Å². The molecular weight excluding hydrogens is 646 g/mol. The van der Waals surface area contributed by atoms with Gasteiger partial charge in [0.2, 0.25) is 5.91 Å². The fourth-order valence-electron chi connectivity index (χ4n) is 9.24. The summed E-state index contributed by atoms with van der Waals surface area (Å²) in [6.07, 6.45) is 9.36. The third-order valence-electron chi connectivity index (χ3n) is 12.8. The maximum atomic E-state index is 14.7. The predicted octanol–water partition coefficient (Wildman–Crippen LogP) is 4.54. The van der Waals surface area contributed by atoms with E-state index in [4.69, 9.17) is 4.74 Å². The number of rotatable bonds is 13. The highest BCUT2D eigenvalue weighted by molar-refractivity contribution is 7.92. The number of likely N-dealkylation sites (tertiary alicyclic amines) is 1. The van der Waals surface area contributed by atoms with Gasteiger partial charge >= 0.3 is 12.0 Å². The van der Waals surface area contributed by atoms with Gasteiger partial charge in [0.1, 0.15) is 6.04 Å². The smallest absolute Gasteiger partial charge is 0.334 e. The first kappa shape index (κ1) is 38.0. The van der Waals surface area contributed by atoms with E-state index in [0.717, 1.165) is 64.2 Å². The van der Waals surface area contributed by atoms with Crippen molar-refractivity contribution >= 4 is 33.5 Å². The molecule has 49 heavy (non-hydrogen) atoms. The van der Waals surface area contributed by atoms with E-state index in [1.165, 1.54) is 7.11 Å². The van der Waals surface area contributed by atoms with Gasteiger partial charge in [0.05, 0.1) is 29.2 Å². The van der Waals surface area contributed by atoms with Crippen molar-refractivity contribution < 1.29 is 37.4 Å². The minimum absolute atomic E-state index is 0.0205. The van der Waals surface area contributed by atoms with Gasteiger partial charge in [-0.1, -0.05) is 65.2 Å². The van der Waals surface area contributed by atoms with E-state index >= 15 is 0 Å². The van der Waals surface area contributed by atoms with Crippen LogP contribution in [0.5, 0.6) is 0 Å². The fraction of sp³-hybridized carbons (Fsp3) is 0.892. The number of urea groups is 1. The third kappa shape index (κ3) is 8.31. The number of hydrogen-bond acceptors (Lipinski definition) is 8. The van der Waals surface area contributed by atoms with Crippen molar-refractivity contribution in [3.8, 4) is 0 Å². The minimum atomic E-state index is -3.54. The molecule has 1 saturated heterocycles. The Hall–Kier alpha value is -2.21. The number of ether oxygens (including phenoxy) is 1. The number of esters is 1. The number of carbonyl (C=O) groups is 4. The summed E-state index contributed by atoms with van der Waals surface area (Å²) in [5.74, 6) is -1.53. The first-order valence-electron chi connectivity index (χ1n) is 18.8. The first-order chi connectivity index (χ1) is 22.9. The molecule has 3 amide bonds. The number of sulfone groups is 1. The number of nitrogens with zero attached hydrogens (tertiary/aromatic N) is 1. The number of Topliss-reactive ketones (excluding diaryl/α,β-unsaturated/α-hetero) is 1. The number of ketones is 1. The van der Waals surface area contributed by atoms with Crippen LogP contribution >= 0.6 is 0 Å². The number of carbonyl (C=O) groups excluding carboxylic acids is 4. The Morgan fingerprint density at radius 1 is 0.959 bits per heavy atom. The van der Waals surface area contributed by atoms with Gasteiger partial charge < -0.3 is 25.4 Å². The summed E-state index contributed by atoms with van der Waals surface area (Å²) in [4.78, 5) is 56.8. The van der Waals surface area contributed by atoms with Gasteiger partial charge in [-0.2, -0.15) is 0 Å². The maximum Gasteiger partial charge on any atom is 0.334 e. The summed E-state index contributed by atoms with van der Waals surface area (Å²) in [7, 11) is -2.31. The standard InChI is InChI=1S/C37H61N3O8S/c1-35(2,3)49(46,47)22-37(17-11-8-12-18-37)39-34(45)38-29(24-13-9-7-10-14-24)32(43)40-21-26-28(36(26,4)5)30(40)27(41)20-25(19-23-15-16-23)31(42)33(44)48-6/h23-26,28-31,42H,7-22H2,1-6H3,(H2,38,39,45)/t25?,26?,28-,29-,30+,31?/m0/s1. The van der Waals surface area contributed by atoms with Gasteiger partial charge in [-0.15, -0.1) is 0 Å². The zero-order valence-corrected chi connectivity index (χ0v) is 31.4. The van der Waals surface area contributed by atoms with Gasteiger partial charge in [0.25, 0.3) is 0 Å². The second kappa shape index (κ2) is 14.4. The van der Waals surface area contributed by atoms with Gasteiger partial charge in [-0.3, -0.25) is 9.59 Å². The topological polar surface area (TPSA) is 159 Å². The number of piperidine rings is 1. The molecule has 0 aromatic heterocycles. The number of aliphatic hydroxyl groups is 1. The molecule has 6 atom stereocenters. The van der Waals surface area contributed by atoms with E-state index in [-0.39, 0.29) is 47.0 Å². The Morgan fingerprint density at radius 2 is 1.57 bits per heavy atom. The number of methoxy groups -OCH3 is 1. The summed E-state index contributed by atoms with van der Waals surface area (Å²) in [5, 5.41) is 16.9. The van der Waals surface area contributed by atoms with E-state index in [0.29, 0.717) is 31.7 Å². The van der Waals surface area contributed by atoms with Crippen LogP contribution in [0.1, 0.15) is 125 Å². The van der Waals surface area contributed by atoms with Gasteiger partial charge in [0, 0.05) is 18.9 Å². The highest BCUT2D eigenvalue weighted by Gasteiger charge is 2.69. The molecule has 0 aromatic carbocycles.